The van der Waals surface area contributed by atoms with E-state index in [0.29, 0.717) is 0 Å². The molecule has 0 radical (unpaired) electrons. The highest BCUT2D eigenvalue weighted by atomic mass is 32.1. The topological polar surface area (TPSA) is 50.7 Å². The van der Waals surface area contributed by atoms with Crippen LogP contribution in [0.5, 0.6) is 0 Å². The van der Waals surface area contributed by atoms with Gasteiger partial charge in [0.05, 0.1) is 35.2 Å². The number of hydrogen-bond acceptors (Lipinski definition) is 5. The molecule has 0 saturated carbocycles. The Hall–Kier alpha value is -1.85. The Morgan fingerprint density at radius 1 is 1.22 bits per heavy atom. The molecule has 5 heteroatoms. The SMILES string of the molecule is CNC(c1cnsn1)c1cccc2ncccc12. The van der Waals surface area contributed by atoms with Gasteiger partial charge in [-0.25, -0.2) is 0 Å². The molecule has 2 heterocycles. The van der Waals surface area contributed by atoms with Crippen LogP contribution in [0.4, 0.5) is 0 Å². The maximum atomic E-state index is 4.38. The summed E-state index contributed by atoms with van der Waals surface area (Å²) in [6.07, 6.45) is 3.62. The molecule has 3 rings (SSSR count). The zero-order valence-electron chi connectivity index (χ0n) is 9.87. The van der Waals surface area contributed by atoms with E-state index in [0.717, 1.165) is 16.6 Å². The van der Waals surface area contributed by atoms with Crippen molar-refractivity contribution in [3.63, 3.8) is 0 Å². The Morgan fingerprint density at radius 2 is 2.17 bits per heavy atom. The van der Waals surface area contributed by atoms with E-state index in [1.165, 1.54) is 17.3 Å². The lowest BCUT2D eigenvalue weighted by atomic mass is 9.99. The van der Waals surface area contributed by atoms with Crippen molar-refractivity contribution >= 4 is 22.6 Å². The van der Waals surface area contributed by atoms with Crippen LogP contribution in [0, 0.1) is 0 Å². The minimum atomic E-state index is 0.0525. The quantitative estimate of drug-likeness (QED) is 0.781. The molecule has 3 aromatic rings. The van der Waals surface area contributed by atoms with E-state index in [2.05, 4.69) is 31.2 Å². The summed E-state index contributed by atoms with van der Waals surface area (Å²) in [5, 5.41) is 4.43. The summed E-state index contributed by atoms with van der Waals surface area (Å²) in [6, 6.07) is 10.2. The lowest BCUT2D eigenvalue weighted by Gasteiger charge is -2.15. The summed E-state index contributed by atoms with van der Waals surface area (Å²) in [5.41, 5.74) is 3.12. The summed E-state index contributed by atoms with van der Waals surface area (Å²) < 4.78 is 8.39. The fraction of sp³-hybridized carbons (Fsp3) is 0.154. The number of hydrogen-bond donors (Lipinski definition) is 1. The molecule has 0 amide bonds. The van der Waals surface area contributed by atoms with E-state index in [-0.39, 0.29) is 6.04 Å². The molecule has 1 unspecified atom stereocenters. The maximum Gasteiger partial charge on any atom is 0.0957 e. The highest BCUT2D eigenvalue weighted by Gasteiger charge is 2.17. The number of fused-ring (bicyclic) bond motifs is 1. The summed E-state index contributed by atoms with van der Waals surface area (Å²) in [7, 11) is 1.93. The number of nitrogens with zero attached hydrogens (tertiary/aromatic N) is 3. The van der Waals surface area contributed by atoms with Crippen molar-refractivity contribution in [2.24, 2.45) is 0 Å². The van der Waals surface area contributed by atoms with Crippen LogP contribution >= 0.6 is 11.7 Å². The van der Waals surface area contributed by atoms with Gasteiger partial charge in [0.2, 0.25) is 0 Å². The third-order valence-corrected chi connectivity index (χ3v) is 3.45. The van der Waals surface area contributed by atoms with Crippen molar-refractivity contribution in [3.8, 4) is 0 Å². The van der Waals surface area contributed by atoms with Gasteiger partial charge in [0.15, 0.2) is 0 Å². The molecular weight excluding hydrogens is 244 g/mol. The van der Waals surface area contributed by atoms with Gasteiger partial charge in [-0.3, -0.25) is 4.98 Å². The van der Waals surface area contributed by atoms with E-state index >= 15 is 0 Å². The summed E-state index contributed by atoms with van der Waals surface area (Å²) in [6.45, 7) is 0. The third kappa shape index (κ3) is 1.87. The number of pyridine rings is 1. The highest BCUT2D eigenvalue weighted by molar-refractivity contribution is 6.99. The van der Waals surface area contributed by atoms with Crippen LogP contribution in [0.2, 0.25) is 0 Å². The van der Waals surface area contributed by atoms with Crippen molar-refractivity contribution in [2.45, 2.75) is 6.04 Å². The van der Waals surface area contributed by atoms with Crippen molar-refractivity contribution in [2.75, 3.05) is 7.05 Å². The van der Waals surface area contributed by atoms with Gasteiger partial charge in [0, 0.05) is 11.6 Å². The Balaban J connectivity index is 2.18. The molecule has 1 aromatic carbocycles. The second-order valence-corrected chi connectivity index (χ2v) is 4.53. The van der Waals surface area contributed by atoms with E-state index in [9.17, 15) is 0 Å². The molecule has 1 N–H and O–H groups in total. The number of rotatable bonds is 3. The van der Waals surface area contributed by atoms with Gasteiger partial charge in [-0.15, -0.1) is 0 Å². The Labute approximate surface area is 109 Å². The lowest BCUT2D eigenvalue weighted by Crippen LogP contribution is -2.18. The third-order valence-electron chi connectivity index (χ3n) is 2.95. The first-order valence-corrected chi connectivity index (χ1v) is 6.41. The maximum absolute atomic E-state index is 4.38. The first-order valence-electron chi connectivity index (χ1n) is 5.68. The number of aromatic nitrogens is 3. The van der Waals surface area contributed by atoms with Gasteiger partial charge >= 0.3 is 0 Å². The molecule has 0 saturated heterocycles. The van der Waals surface area contributed by atoms with Crippen LogP contribution in [0.15, 0.2) is 42.7 Å². The van der Waals surface area contributed by atoms with E-state index in [1.807, 2.05) is 31.4 Å². The number of nitrogens with one attached hydrogen (secondary N) is 1. The minimum Gasteiger partial charge on any atom is -0.308 e. The average molecular weight is 256 g/mol. The Kier molecular flexibility index (Phi) is 3.00. The van der Waals surface area contributed by atoms with Gasteiger partial charge in [0.25, 0.3) is 0 Å². The van der Waals surface area contributed by atoms with Crippen molar-refractivity contribution < 1.29 is 0 Å². The van der Waals surface area contributed by atoms with Crippen LogP contribution in [-0.4, -0.2) is 20.8 Å². The zero-order valence-corrected chi connectivity index (χ0v) is 10.7. The first-order chi connectivity index (χ1) is 8.90. The smallest absolute Gasteiger partial charge is 0.0957 e. The molecule has 0 aliphatic heterocycles. The average Bonchev–Trinajstić information content (AvgIpc) is 2.94. The fourth-order valence-corrected chi connectivity index (χ4v) is 2.59. The van der Waals surface area contributed by atoms with Crippen molar-refractivity contribution in [1.29, 1.82) is 0 Å². The van der Waals surface area contributed by atoms with E-state index in [1.54, 1.807) is 6.20 Å². The normalized spacial score (nSPS) is 12.7. The molecule has 2 aromatic heterocycles. The van der Waals surface area contributed by atoms with Crippen molar-refractivity contribution in [3.05, 3.63) is 54.0 Å². The molecular formula is C13H12N4S. The molecule has 0 fully saturated rings. The van der Waals surface area contributed by atoms with Gasteiger partial charge in [-0.2, -0.15) is 8.75 Å². The molecule has 0 spiro atoms. The van der Waals surface area contributed by atoms with Gasteiger partial charge in [-0.1, -0.05) is 18.2 Å². The van der Waals surface area contributed by atoms with Gasteiger partial charge in [0.1, 0.15) is 0 Å². The van der Waals surface area contributed by atoms with Crippen LogP contribution in [0.1, 0.15) is 17.3 Å². The van der Waals surface area contributed by atoms with E-state index < -0.39 is 0 Å². The predicted molar refractivity (Wildman–Crippen MR) is 72.6 cm³/mol. The monoisotopic (exact) mass is 256 g/mol. The summed E-state index contributed by atoms with van der Waals surface area (Å²) >= 11 is 1.23. The Bertz CT molecular complexity index is 646. The summed E-state index contributed by atoms with van der Waals surface area (Å²) in [5.74, 6) is 0. The largest absolute Gasteiger partial charge is 0.308 e. The summed E-state index contributed by atoms with van der Waals surface area (Å²) in [4.78, 5) is 4.38. The highest BCUT2D eigenvalue weighted by Crippen LogP contribution is 2.26. The zero-order chi connectivity index (χ0) is 12.4. The fourth-order valence-electron chi connectivity index (χ4n) is 2.14. The molecule has 4 nitrogen and oxygen atoms in total. The Morgan fingerprint density at radius 3 is 2.94 bits per heavy atom. The standard InChI is InChI=1S/C13H12N4S/c1-14-13(12-8-16-18-17-12)10-4-2-6-11-9(10)5-3-7-15-11/h2-8,13-14H,1H3. The predicted octanol–water partition coefficient (Wildman–Crippen LogP) is 2.40. The van der Waals surface area contributed by atoms with Crippen LogP contribution < -0.4 is 5.32 Å². The van der Waals surface area contributed by atoms with Gasteiger partial charge in [-0.05, 0) is 24.7 Å². The van der Waals surface area contributed by atoms with Gasteiger partial charge < -0.3 is 5.32 Å². The second kappa shape index (κ2) is 4.80. The molecule has 0 bridgehead atoms. The lowest BCUT2D eigenvalue weighted by molar-refractivity contribution is 0.682. The molecule has 0 aliphatic rings. The molecule has 18 heavy (non-hydrogen) atoms. The van der Waals surface area contributed by atoms with Crippen LogP contribution in [-0.2, 0) is 0 Å². The van der Waals surface area contributed by atoms with Crippen LogP contribution in [0.25, 0.3) is 10.9 Å². The minimum absolute atomic E-state index is 0.0525. The molecule has 0 aliphatic carbocycles. The first kappa shape index (κ1) is 11.3. The van der Waals surface area contributed by atoms with Crippen molar-refractivity contribution in [1.82, 2.24) is 19.0 Å². The molecule has 90 valence electrons. The number of benzene rings is 1. The van der Waals surface area contributed by atoms with Crippen LogP contribution in [0.3, 0.4) is 0 Å². The second-order valence-electron chi connectivity index (χ2n) is 3.97. The van der Waals surface area contributed by atoms with E-state index in [4.69, 9.17) is 0 Å². The molecule has 1 atom stereocenters.